The Kier molecular flexibility index (Phi) is 4.76. The van der Waals surface area contributed by atoms with E-state index < -0.39 is 5.60 Å². The molecule has 23 heavy (non-hydrogen) atoms. The van der Waals surface area contributed by atoms with Crippen molar-refractivity contribution in [1.82, 2.24) is 15.1 Å². The molecule has 1 heterocycles. The second kappa shape index (κ2) is 6.96. The van der Waals surface area contributed by atoms with Gasteiger partial charge in [0.25, 0.3) is 5.91 Å². The molecule has 1 aliphatic carbocycles. The monoisotopic (exact) mass is 313 g/mol. The zero-order valence-electron chi connectivity index (χ0n) is 13.2. The summed E-state index contributed by atoms with van der Waals surface area (Å²) < 4.78 is 1.72. The van der Waals surface area contributed by atoms with E-state index in [1.165, 1.54) is 12.8 Å². The van der Waals surface area contributed by atoms with Crippen molar-refractivity contribution in [2.24, 2.45) is 0 Å². The number of hydrogen-bond donors (Lipinski definition) is 2. The molecule has 0 saturated heterocycles. The molecule has 0 aliphatic heterocycles. The minimum absolute atomic E-state index is 0.156. The Morgan fingerprint density at radius 2 is 2.00 bits per heavy atom. The van der Waals surface area contributed by atoms with Crippen molar-refractivity contribution in [3.05, 3.63) is 48.3 Å². The van der Waals surface area contributed by atoms with Crippen LogP contribution in [-0.2, 0) is 0 Å². The molecule has 2 N–H and O–H groups in total. The Bertz CT molecular complexity index is 644. The van der Waals surface area contributed by atoms with Gasteiger partial charge in [-0.05, 0) is 37.1 Å². The van der Waals surface area contributed by atoms with E-state index in [4.69, 9.17) is 0 Å². The Morgan fingerprint density at radius 3 is 2.70 bits per heavy atom. The molecule has 0 spiro atoms. The molecule has 1 fully saturated rings. The lowest BCUT2D eigenvalue weighted by molar-refractivity contribution is 0.0246. The fourth-order valence-corrected chi connectivity index (χ4v) is 3.12. The van der Waals surface area contributed by atoms with Gasteiger partial charge in [-0.2, -0.15) is 5.10 Å². The molecule has 0 atom stereocenters. The predicted octanol–water partition coefficient (Wildman–Crippen LogP) is 2.69. The number of carbonyl (C=O) groups excluding carboxylic acids is 1. The fraction of sp³-hybridized carbons (Fsp3) is 0.444. The molecule has 0 bridgehead atoms. The van der Waals surface area contributed by atoms with Crippen LogP contribution in [0.15, 0.2) is 42.7 Å². The second-order valence-electron chi connectivity index (χ2n) is 6.32. The summed E-state index contributed by atoms with van der Waals surface area (Å²) in [5.41, 5.74) is 0.664. The van der Waals surface area contributed by atoms with Gasteiger partial charge in [-0.25, -0.2) is 4.68 Å². The highest BCUT2D eigenvalue weighted by Gasteiger charge is 2.28. The average molecular weight is 313 g/mol. The van der Waals surface area contributed by atoms with Crippen LogP contribution in [0, 0.1) is 0 Å². The van der Waals surface area contributed by atoms with Gasteiger partial charge in [-0.1, -0.05) is 31.7 Å². The summed E-state index contributed by atoms with van der Waals surface area (Å²) in [5, 5.41) is 17.7. The van der Waals surface area contributed by atoms with Crippen LogP contribution >= 0.6 is 0 Å². The van der Waals surface area contributed by atoms with Crippen molar-refractivity contribution in [2.45, 2.75) is 44.1 Å². The van der Waals surface area contributed by atoms with Gasteiger partial charge < -0.3 is 10.4 Å². The van der Waals surface area contributed by atoms with Crippen LogP contribution in [-0.4, -0.2) is 32.9 Å². The molecular weight excluding hydrogens is 290 g/mol. The lowest BCUT2D eigenvalue weighted by atomic mass is 9.94. The van der Waals surface area contributed by atoms with Crippen molar-refractivity contribution < 1.29 is 9.90 Å². The van der Waals surface area contributed by atoms with E-state index in [0.29, 0.717) is 12.1 Å². The molecule has 5 heteroatoms. The summed E-state index contributed by atoms with van der Waals surface area (Å²) in [7, 11) is 0. The third-order valence-corrected chi connectivity index (χ3v) is 4.49. The first-order chi connectivity index (χ1) is 11.2. The third-order valence-electron chi connectivity index (χ3n) is 4.49. The maximum Gasteiger partial charge on any atom is 0.251 e. The van der Waals surface area contributed by atoms with E-state index in [2.05, 4.69) is 10.4 Å². The van der Waals surface area contributed by atoms with Crippen LogP contribution in [0.3, 0.4) is 0 Å². The number of carbonyl (C=O) groups is 1. The van der Waals surface area contributed by atoms with Crippen LogP contribution in [0.4, 0.5) is 0 Å². The maximum atomic E-state index is 12.4. The molecule has 1 aromatic carbocycles. The van der Waals surface area contributed by atoms with E-state index >= 15 is 0 Å². The van der Waals surface area contributed by atoms with E-state index in [1.54, 1.807) is 23.0 Å². The van der Waals surface area contributed by atoms with E-state index in [0.717, 1.165) is 31.4 Å². The molecule has 122 valence electrons. The zero-order chi connectivity index (χ0) is 16.1. The third kappa shape index (κ3) is 3.99. The summed E-state index contributed by atoms with van der Waals surface area (Å²) in [5.74, 6) is -0.156. The molecule has 0 unspecified atom stereocenters. The van der Waals surface area contributed by atoms with Gasteiger partial charge in [-0.3, -0.25) is 4.79 Å². The van der Waals surface area contributed by atoms with Crippen molar-refractivity contribution in [3.63, 3.8) is 0 Å². The topological polar surface area (TPSA) is 67.2 Å². The second-order valence-corrected chi connectivity index (χ2v) is 6.32. The number of nitrogens with zero attached hydrogens (tertiary/aromatic N) is 2. The average Bonchev–Trinajstić information content (AvgIpc) is 3.02. The Hall–Kier alpha value is -2.14. The van der Waals surface area contributed by atoms with Gasteiger partial charge in [0.2, 0.25) is 0 Å². The smallest absolute Gasteiger partial charge is 0.251 e. The highest BCUT2D eigenvalue weighted by atomic mass is 16.3. The van der Waals surface area contributed by atoms with Gasteiger partial charge >= 0.3 is 0 Å². The first-order valence-electron chi connectivity index (χ1n) is 8.27. The van der Waals surface area contributed by atoms with Gasteiger partial charge in [-0.15, -0.1) is 0 Å². The molecule has 2 aromatic rings. The van der Waals surface area contributed by atoms with Crippen LogP contribution in [0.25, 0.3) is 5.69 Å². The minimum atomic E-state index is -0.758. The number of aliphatic hydroxyl groups is 1. The Balaban J connectivity index is 1.65. The SMILES string of the molecule is O=C(NCC1(O)CCCCCC1)c1cccc(-n2cccn2)c1. The molecule has 1 aliphatic rings. The zero-order valence-corrected chi connectivity index (χ0v) is 13.2. The van der Waals surface area contributed by atoms with Gasteiger partial charge in [0.05, 0.1) is 11.3 Å². The van der Waals surface area contributed by atoms with E-state index in [1.807, 2.05) is 24.4 Å². The van der Waals surface area contributed by atoms with Crippen LogP contribution in [0.5, 0.6) is 0 Å². The Labute approximate surface area is 136 Å². The van der Waals surface area contributed by atoms with Crippen LogP contribution < -0.4 is 5.32 Å². The largest absolute Gasteiger partial charge is 0.388 e. The molecule has 5 nitrogen and oxygen atoms in total. The maximum absolute atomic E-state index is 12.4. The molecule has 1 saturated carbocycles. The number of benzene rings is 1. The summed E-state index contributed by atoms with van der Waals surface area (Å²) >= 11 is 0. The summed E-state index contributed by atoms with van der Waals surface area (Å²) in [6, 6.07) is 9.17. The highest BCUT2D eigenvalue weighted by molar-refractivity contribution is 5.94. The first kappa shape index (κ1) is 15.7. The molecule has 0 radical (unpaired) electrons. The van der Waals surface area contributed by atoms with Gasteiger partial charge in [0.1, 0.15) is 0 Å². The van der Waals surface area contributed by atoms with Crippen molar-refractivity contribution in [1.29, 1.82) is 0 Å². The normalized spacial score (nSPS) is 17.4. The highest BCUT2D eigenvalue weighted by Crippen LogP contribution is 2.26. The van der Waals surface area contributed by atoms with Gasteiger partial charge in [0, 0.05) is 24.5 Å². The Morgan fingerprint density at radius 1 is 1.22 bits per heavy atom. The predicted molar refractivity (Wildman–Crippen MR) is 88.5 cm³/mol. The summed E-state index contributed by atoms with van der Waals surface area (Å²) in [4.78, 5) is 12.4. The first-order valence-corrected chi connectivity index (χ1v) is 8.27. The quantitative estimate of drug-likeness (QED) is 0.853. The van der Waals surface area contributed by atoms with E-state index in [-0.39, 0.29) is 5.91 Å². The standard InChI is InChI=1S/C18H23N3O2/c22-17(19-14-18(23)9-3-1-2-4-10-18)15-7-5-8-16(13-15)21-12-6-11-20-21/h5-8,11-13,23H,1-4,9-10,14H2,(H,19,22). The molecule has 3 rings (SSSR count). The number of rotatable bonds is 4. The van der Waals surface area contributed by atoms with Gasteiger partial charge in [0.15, 0.2) is 0 Å². The number of nitrogens with one attached hydrogen (secondary N) is 1. The van der Waals surface area contributed by atoms with Crippen molar-refractivity contribution in [2.75, 3.05) is 6.54 Å². The van der Waals surface area contributed by atoms with E-state index in [9.17, 15) is 9.90 Å². The fourth-order valence-electron chi connectivity index (χ4n) is 3.12. The number of hydrogen-bond acceptors (Lipinski definition) is 3. The van der Waals surface area contributed by atoms with Crippen molar-refractivity contribution in [3.8, 4) is 5.69 Å². The number of aromatic nitrogens is 2. The molecule has 1 amide bonds. The molecular formula is C18H23N3O2. The number of amides is 1. The van der Waals surface area contributed by atoms with Crippen LogP contribution in [0.2, 0.25) is 0 Å². The van der Waals surface area contributed by atoms with Crippen molar-refractivity contribution >= 4 is 5.91 Å². The minimum Gasteiger partial charge on any atom is -0.388 e. The summed E-state index contributed by atoms with van der Waals surface area (Å²) in [6.45, 7) is 0.317. The summed E-state index contributed by atoms with van der Waals surface area (Å²) in [6.07, 6.45) is 9.47. The lowest BCUT2D eigenvalue weighted by Gasteiger charge is -2.26. The van der Waals surface area contributed by atoms with Crippen LogP contribution in [0.1, 0.15) is 48.9 Å². The molecule has 1 aromatic heterocycles. The lowest BCUT2D eigenvalue weighted by Crippen LogP contribution is -2.42.